The van der Waals surface area contributed by atoms with Crippen LogP contribution in [0.5, 0.6) is 0 Å². The minimum Gasteiger partial charge on any atom is -0.377 e. The van der Waals surface area contributed by atoms with E-state index >= 15 is 0 Å². The molecule has 1 aliphatic rings. The molecule has 0 aromatic heterocycles. The fourth-order valence-electron chi connectivity index (χ4n) is 3.56. The number of nitrogens with zero attached hydrogens (tertiary/aromatic N) is 2. The van der Waals surface area contributed by atoms with Crippen molar-refractivity contribution in [2.75, 3.05) is 27.2 Å². The SMILES string of the molecule is CN=C(NCc1ccc(S(=O)(=O)NCC2CCCO2)cc1)N(C)Cc1ccccc1C.I. The van der Waals surface area contributed by atoms with E-state index in [2.05, 4.69) is 39.0 Å². The van der Waals surface area contributed by atoms with E-state index in [1.165, 1.54) is 11.1 Å². The number of aryl methyl sites for hydroxylation is 1. The lowest BCUT2D eigenvalue weighted by atomic mass is 10.1. The molecule has 0 aliphatic carbocycles. The molecule has 9 heteroatoms. The number of halogens is 1. The van der Waals surface area contributed by atoms with E-state index in [1.54, 1.807) is 19.2 Å². The molecule has 32 heavy (non-hydrogen) atoms. The van der Waals surface area contributed by atoms with Crippen molar-refractivity contribution >= 4 is 40.0 Å². The van der Waals surface area contributed by atoms with Crippen LogP contribution in [-0.4, -0.2) is 52.6 Å². The highest BCUT2D eigenvalue weighted by Gasteiger charge is 2.20. The van der Waals surface area contributed by atoms with Gasteiger partial charge in [0.25, 0.3) is 0 Å². The normalized spacial score (nSPS) is 16.5. The Morgan fingerprint density at radius 2 is 1.91 bits per heavy atom. The summed E-state index contributed by atoms with van der Waals surface area (Å²) >= 11 is 0. The standard InChI is InChI=1S/C23H32N4O3S.HI/c1-18-7-4-5-8-20(18)17-27(3)23(24-2)25-15-19-10-12-22(13-11-19)31(28,29)26-16-21-9-6-14-30-21;/h4-5,7-8,10-13,21,26H,6,9,14-17H2,1-3H3,(H,24,25);1H. The van der Waals surface area contributed by atoms with Gasteiger partial charge in [-0.2, -0.15) is 0 Å². The molecule has 1 unspecified atom stereocenters. The maximum Gasteiger partial charge on any atom is 0.240 e. The first-order chi connectivity index (χ1) is 14.9. The number of guanidine groups is 1. The first kappa shape index (κ1) is 26.6. The lowest BCUT2D eigenvalue weighted by Crippen LogP contribution is -2.38. The van der Waals surface area contributed by atoms with Crippen molar-refractivity contribution in [2.24, 2.45) is 4.99 Å². The quantitative estimate of drug-likeness (QED) is 0.288. The number of sulfonamides is 1. The minimum absolute atomic E-state index is 0. The van der Waals surface area contributed by atoms with Crippen LogP contribution in [0.2, 0.25) is 0 Å². The summed E-state index contributed by atoms with van der Waals surface area (Å²) in [5.74, 6) is 0.776. The summed E-state index contributed by atoms with van der Waals surface area (Å²) in [7, 11) is 0.218. The van der Waals surface area contributed by atoms with E-state index in [-0.39, 0.29) is 35.0 Å². The third-order valence-electron chi connectivity index (χ3n) is 5.45. The molecule has 1 heterocycles. The van der Waals surface area contributed by atoms with Crippen LogP contribution in [0.15, 0.2) is 58.4 Å². The molecule has 2 aromatic rings. The Kier molecular flexibility index (Phi) is 10.4. The third kappa shape index (κ3) is 7.43. The predicted molar refractivity (Wildman–Crippen MR) is 139 cm³/mol. The average molecular weight is 573 g/mol. The molecule has 0 bridgehead atoms. The molecule has 1 aliphatic heterocycles. The van der Waals surface area contributed by atoms with E-state index in [4.69, 9.17) is 4.74 Å². The van der Waals surface area contributed by atoms with Crippen molar-refractivity contribution in [2.45, 2.75) is 43.9 Å². The molecule has 1 saturated heterocycles. The number of hydrogen-bond acceptors (Lipinski definition) is 4. The van der Waals surface area contributed by atoms with Crippen molar-refractivity contribution in [1.82, 2.24) is 14.9 Å². The molecular weight excluding hydrogens is 539 g/mol. The van der Waals surface area contributed by atoms with Gasteiger partial charge in [0.1, 0.15) is 0 Å². The zero-order valence-electron chi connectivity index (χ0n) is 18.9. The zero-order valence-corrected chi connectivity index (χ0v) is 22.0. The summed E-state index contributed by atoms with van der Waals surface area (Å²) in [5.41, 5.74) is 3.47. The summed E-state index contributed by atoms with van der Waals surface area (Å²) in [6.07, 6.45) is 1.85. The van der Waals surface area contributed by atoms with Crippen LogP contribution in [0.25, 0.3) is 0 Å². The van der Waals surface area contributed by atoms with Gasteiger partial charge in [-0.1, -0.05) is 36.4 Å². The van der Waals surface area contributed by atoms with Crippen molar-refractivity contribution in [1.29, 1.82) is 0 Å². The molecule has 0 spiro atoms. The second-order valence-corrected chi connectivity index (χ2v) is 9.58. The monoisotopic (exact) mass is 572 g/mol. The molecule has 0 amide bonds. The van der Waals surface area contributed by atoms with Crippen LogP contribution < -0.4 is 10.0 Å². The lowest BCUT2D eigenvalue weighted by Gasteiger charge is -2.23. The van der Waals surface area contributed by atoms with Gasteiger partial charge in [0.05, 0.1) is 11.0 Å². The van der Waals surface area contributed by atoms with Crippen molar-refractivity contribution < 1.29 is 13.2 Å². The van der Waals surface area contributed by atoms with Gasteiger partial charge < -0.3 is 15.0 Å². The van der Waals surface area contributed by atoms with Gasteiger partial charge in [-0.25, -0.2) is 13.1 Å². The number of nitrogens with one attached hydrogen (secondary N) is 2. The summed E-state index contributed by atoms with van der Waals surface area (Å²) < 4.78 is 33.1. The smallest absolute Gasteiger partial charge is 0.240 e. The molecule has 1 fully saturated rings. The summed E-state index contributed by atoms with van der Waals surface area (Å²) in [6, 6.07) is 15.2. The molecule has 1 atom stereocenters. The minimum atomic E-state index is -3.53. The van der Waals surface area contributed by atoms with Crippen LogP contribution >= 0.6 is 24.0 Å². The van der Waals surface area contributed by atoms with Crippen LogP contribution in [-0.2, 0) is 27.8 Å². The van der Waals surface area contributed by atoms with Crippen molar-refractivity contribution in [3.05, 3.63) is 65.2 Å². The van der Waals surface area contributed by atoms with Gasteiger partial charge in [0, 0.05) is 40.3 Å². The maximum absolute atomic E-state index is 12.5. The highest BCUT2D eigenvalue weighted by Crippen LogP contribution is 2.14. The molecule has 0 radical (unpaired) electrons. The average Bonchev–Trinajstić information content (AvgIpc) is 3.29. The first-order valence-corrected chi connectivity index (χ1v) is 12.0. The van der Waals surface area contributed by atoms with Crippen LogP contribution in [0.1, 0.15) is 29.5 Å². The van der Waals surface area contributed by atoms with Gasteiger partial charge in [-0.15, -0.1) is 24.0 Å². The Balaban J connectivity index is 0.00000363. The Bertz CT molecular complexity index is 991. The molecule has 2 aromatic carbocycles. The van der Waals surface area contributed by atoms with Gasteiger partial charge in [-0.05, 0) is 48.6 Å². The number of benzene rings is 2. The van der Waals surface area contributed by atoms with Gasteiger partial charge in [0.15, 0.2) is 5.96 Å². The Morgan fingerprint density at radius 3 is 2.53 bits per heavy atom. The molecule has 3 rings (SSSR count). The van der Waals surface area contributed by atoms with Crippen molar-refractivity contribution in [3.63, 3.8) is 0 Å². The third-order valence-corrected chi connectivity index (χ3v) is 6.89. The van der Waals surface area contributed by atoms with Gasteiger partial charge in [-0.3, -0.25) is 4.99 Å². The van der Waals surface area contributed by atoms with Crippen LogP contribution in [0.3, 0.4) is 0 Å². The summed E-state index contributed by atoms with van der Waals surface area (Å²) in [6.45, 7) is 4.42. The molecule has 176 valence electrons. The topological polar surface area (TPSA) is 83.0 Å². The molecule has 2 N–H and O–H groups in total. The molecule has 0 saturated carbocycles. The highest BCUT2D eigenvalue weighted by molar-refractivity contribution is 14.0. The molecule has 7 nitrogen and oxygen atoms in total. The fraction of sp³-hybridized carbons (Fsp3) is 0.435. The maximum atomic E-state index is 12.5. The predicted octanol–water partition coefficient (Wildman–Crippen LogP) is 3.28. The van der Waals surface area contributed by atoms with E-state index in [0.717, 1.165) is 30.9 Å². The van der Waals surface area contributed by atoms with E-state index in [0.29, 0.717) is 19.7 Å². The van der Waals surface area contributed by atoms with E-state index in [1.807, 2.05) is 31.3 Å². The number of ether oxygens (including phenoxy) is 1. The lowest BCUT2D eigenvalue weighted by molar-refractivity contribution is 0.114. The second-order valence-electron chi connectivity index (χ2n) is 7.81. The Morgan fingerprint density at radius 1 is 1.19 bits per heavy atom. The Hall–Kier alpha value is -1.69. The summed E-state index contributed by atoms with van der Waals surface area (Å²) in [5, 5.41) is 3.34. The number of aliphatic imine (C=N–C) groups is 1. The second kappa shape index (κ2) is 12.5. The van der Waals surface area contributed by atoms with Crippen molar-refractivity contribution in [3.8, 4) is 0 Å². The van der Waals surface area contributed by atoms with E-state index < -0.39 is 10.0 Å². The number of hydrogen-bond donors (Lipinski definition) is 2. The van der Waals surface area contributed by atoms with Gasteiger partial charge in [0.2, 0.25) is 10.0 Å². The fourth-order valence-corrected chi connectivity index (χ4v) is 4.63. The molecular formula is C23H33IN4O3S. The first-order valence-electron chi connectivity index (χ1n) is 10.6. The highest BCUT2D eigenvalue weighted by atomic mass is 127. The zero-order chi connectivity index (χ0) is 22.3. The Labute approximate surface area is 208 Å². The largest absolute Gasteiger partial charge is 0.377 e. The summed E-state index contributed by atoms with van der Waals surface area (Å²) in [4.78, 5) is 6.69. The van der Waals surface area contributed by atoms with Gasteiger partial charge >= 0.3 is 0 Å². The number of rotatable bonds is 8. The van der Waals surface area contributed by atoms with E-state index in [9.17, 15) is 8.42 Å². The van der Waals surface area contributed by atoms with Crippen LogP contribution in [0, 0.1) is 6.92 Å². The van der Waals surface area contributed by atoms with Crippen LogP contribution in [0.4, 0.5) is 0 Å².